The fourth-order valence-corrected chi connectivity index (χ4v) is 1.76. The molecule has 0 heterocycles. The summed E-state index contributed by atoms with van der Waals surface area (Å²) < 4.78 is 10.3. The van der Waals surface area contributed by atoms with E-state index in [2.05, 4.69) is 6.58 Å². The van der Waals surface area contributed by atoms with Crippen LogP contribution in [-0.2, 0) is 11.2 Å². The van der Waals surface area contributed by atoms with Gasteiger partial charge in [-0.25, -0.2) is 0 Å². The molecule has 4 nitrogen and oxygen atoms in total. The molecule has 0 radical (unpaired) electrons. The minimum absolute atomic E-state index is 0.446. The molecular weight excluding hydrogens is 232 g/mol. The smallest absolute Gasteiger partial charge is 0.307 e. The van der Waals surface area contributed by atoms with Crippen molar-refractivity contribution in [2.24, 2.45) is 5.92 Å². The Bertz CT molecular complexity index is 426. The molecular formula is C14H18O4. The standard InChI is InChI=1S/C14H18O4/c1-4-5-11(14(15)16)8-10-6-7-12(17-2)13(9-10)18-3/h4,6-7,9,11H,1,5,8H2,2-3H3,(H,15,16)/t11-/m0/s1. The molecule has 0 fully saturated rings. The van der Waals surface area contributed by atoms with Crippen LogP contribution in [0.1, 0.15) is 12.0 Å². The van der Waals surface area contributed by atoms with E-state index in [4.69, 9.17) is 14.6 Å². The van der Waals surface area contributed by atoms with Crippen molar-refractivity contribution in [2.45, 2.75) is 12.8 Å². The average molecular weight is 250 g/mol. The van der Waals surface area contributed by atoms with Crippen LogP contribution in [0.4, 0.5) is 0 Å². The predicted molar refractivity (Wildman–Crippen MR) is 69.2 cm³/mol. The third kappa shape index (κ3) is 3.52. The van der Waals surface area contributed by atoms with Crippen LogP contribution in [0.25, 0.3) is 0 Å². The van der Waals surface area contributed by atoms with Gasteiger partial charge in [0.2, 0.25) is 0 Å². The van der Waals surface area contributed by atoms with Crippen molar-refractivity contribution in [1.82, 2.24) is 0 Å². The second-order valence-electron chi connectivity index (χ2n) is 3.95. The number of hydrogen-bond donors (Lipinski definition) is 1. The Morgan fingerprint density at radius 1 is 1.39 bits per heavy atom. The van der Waals surface area contributed by atoms with Crippen molar-refractivity contribution in [3.05, 3.63) is 36.4 Å². The van der Waals surface area contributed by atoms with Gasteiger partial charge in [0.1, 0.15) is 0 Å². The Kier molecular flexibility index (Phi) is 5.24. The maximum absolute atomic E-state index is 11.1. The minimum atomic E-state index is -0.815. The fraction of sp³-hybridized carbons (Fsp3) is 0.357. The van der Waals surface area contributed by atoms with E-state index < -0.39 is 11.9 Å². The van der Waals surface area contributed by atoms with E-state index in [1.807, 2.05) is 6.07 Å². The summed E-state index contributed by atoms with van der Waals surface area (Å²) in [5, 5.41) is 9.09. The molecule has 0 aliphatic rings. The van der Waals surface area contributed by atoms with Crippen molar-refractivity contribution in [2.75, 3.05) is 14.2 Å². The van der Waals surface area contributed by atoms with Crippen molar-refractivity contribution >= 4 is 5.97 Å². The molecule has 0 aliphatic heterocycles. The molecule has 1 aromatic carbocycles. The van der Waals surface area contributed by atoms with E-state index >= 15 is 0 Å². The van der Waals surface area contributed by atoms with Gasteiger partial charge in [0.25, 0.3) is 0 Å². The van der Waals surface area contributed by atoms with Gasteiger partial charge in [-0.2, -0.15) is 0 Å². The van der Waals surface area contributed by atoms with Gasteiger partial charge in [-0.3, -0.25) is 4.79 Å². The monoisotopic (exact) mass is 250 g/mol. The highest BCUT2D eigenvalue weighted by Gasteiger charge is 2.17. The lowest BCUT2D eigenvalue weighted by Crippen LogP contribution is -2.15. The van der Waals surface area contributed by atoms with Crippen molar-refractivity contribution in [3.63, 3.8) is 0 Å². The SMILES string of the molecule is C=CC[C@@H](Cc1ccc(OC)c(OC)c1)C(=O)O. The fourth-order valence-electron chi connectivity index (χ4n) is 1.76. The lowest BCUT2D eigenvalue weighted by atomic mass is 9.96. The van der Waals surface area contributed by atoms with E-state index in [-0.39, 0.29) is 0 Å². The molecule has 0 bridgehead atoms. The van der Waals surface area contributed by atoms with Crippen molar-refractivity contribution in [3.8, 4) is 11.5 Å². The van der Waals surface area contributed by atoms with Gasteiger partial charge in [0, 0.05) is 0 Å². The Balaban J connectivity index is 2.89. The molecule has 1 aromatic rings. The highest BCUT2D eigenvalue weighted by molar-refractivity contribution is 5.70. The third-order valence-electron chi connectivity index (χ3n) is 2.73. The van der Waals surface area contributed by atoms with Crippen LogP contribution < -0.4 is 9.47 Å². The lowest BCUT2D eigenvalue weighted by molar-refractivity contribution is -0.141. The number of carboxylic acids is 1. The molecule has 1 rings (SSSR count). The van der Waals surface area contributed by atoms with E-state index in [0.717, 1.165) is 5.56 Å². The molecule has 0 unspecified atom stereocenters. The van der Waals surface area contributed by atoms with Crippen LogP contribution in [0.2, 0.25) is 0 Å². The Morgan fingerprint density at radius 2 is 2.06 bits per heavy atom. The Hall–Kier alpha value is -1.97. The number of rotatable bonds is 7. The van der Waals surface area contributed by atoms with Crippen LogP contribution in [0.15, 0.2) is 30.9 Å². The summed E-state index contributed by atoms with van der Waals surface area (Å²) in [6.45, 7) is 3.58. The molecule has 0 aromatic heterocycles. The van der Waals surface area contributed by atoms with Crippen molar-refractivity contribution < 1.29 is 19.4 Å². The summed E-state index contributed by atoms with van der Waals surface area (Å²) in [5.41, 5.74) is 0.905. The zero-order valence-corrected chi connectivity index (χ0v) is 10.7. The van der Waals surface area contributed by atoms with E-state index in [9.17, 15) is 4.79 Å². The van der Waals surface area contributed by atoms with Gasteiger partial charge >= 0.3 is 5.97 Å². The first-order valence-corrected chi connectivity index (χ1v) is 5.67. The van der Waals surface area contributed by atoms with E-state index in [0.29, 0.717) is 24.3 Å². The lowest BCUT2D eigenvalue weighted by Gasteiger charge is -2.12. The van der Waals surface area contributed by atoms with Crippen LogP contribution >= 0.6 is 0 Å². The minimum Gasteiger partial charge on any atom is -0.493 e. The summed E-state index contributed by atoms with van der Waals surface area (Å²) in [5.74, 6) is -0.0279. The Labute approximate surface area is 107 Å². The summed E-state index contributed by atoms with van der Waals surface area (Å²) >= 11 is 0. The van der Waals surface area contributed by atoms with Crippen molar-refractivity contribution in [1.29, 1.82) is 0 Å². The predicted octanol–water partition coefficient (Wildman–Crippen LogP) is 2.52. The van der Waals surface area contributed by atoms with E-state index in [1.165, 1.54) is 0 Å². The first-order valence-electron chi connectivity index (χ1n) is 5.67. The normalized spacial score (nSPS) is 11.7. The topological polar surface area (TPSA) is 55.8 Å². The number of ether oxygens (including phenoxy) is 2. The number of aliphatic carboxylic acids is 1. The highest BCUT2D eigenvalue weighted by Crippen LogP contribution is 2.28. The maximum Gasteiger partial charge on any atom is 0.307 e. The molecule has 98 valence electrons. The van der Waals surface area contributed by atoms with Gasteiger partial charge in [-0.1, -0.05) is 12.1 Å². The summed E-state index contributed by atoms with van der Waals surface area (Å²) in [6, 6.07) is 5.43. The molecule has 4 heteroatoms. The van der Waals surface area contributed by atoms with Crippen LogP contribution in [0.5, 0.6) is 11.5 Å². The number of hydrogen-bond acceptors (Lipinski definition) is 3. The van der Waals surface area contributed by atoms with Crippen LogP contribution in [0.3, 0.4) is 0 Å². The zero-order chi connectivity index (χ0) is 13.5. The first-order chi connectivity index (χ1) is 8.62. The average Bonchev–Trinajstić information content (AvgIpc) is 2.37. The molecule has 1 N–H and O–H groups in total. The molecule has 0 saturated heterocycles. The number of carbonyl (C=O) groups is 1. The van der Waals surface area contributed by atoms with Gasteiger partial charge in [0.15, 0.2) is 11.5 Å². The van der Waals surface area contributed by atoms with Gasteiger partial charge in [-0.15, -0.1) is 6.58 Å². The van der Waals surface area contributed by atoms with Crippen LogP contribution in [-0.4, -0.2) is 25.3 Å². The quantitative estimate of drug-likeness (QED) is 0.755. The maximum atomic E-state index is 11.1. The van der Waals surface area contributed by atoms with Gasteiger partial charge in [0.05, 0.1) is 20.1 Å². The molecule has 0 spiro atoms. The number of methoxy groups -OCH3 is 2. The molecule has 0 saturated carbocycles. The van der Waals surface area contributed by atoms with Gasteiger partial charge in [-0.05, 0) is 30.5 Å². The zero-order valence-electron chi connectivity index (χ0n) is 10.7. The largest absolute Gasteiger partial charge is 0.493 e. The van der Waals surface area contributed by atoms with Crippen LogP contribution in [0, 0.1) is 5.92 Å². The first kappa shape index (κ1) is 14.1. The molecule has 0 aliphatic carbocycles. The summed E-state index contributed by atoms with van der Waals surface area (Å²) in [7, 11) is 3.12. The number of benzene rings is 1. The second-order valence-corrected chi connectivity index (χ2v) is 3.95. The van der Waals surface area contributed by atoms with Gasteiger partial charge < -0.3 is 14.6 Å². The highest BCUT2D eigenvalue weighted by atomic mass is 16.5. The summed E-state index contributed by atoms with van der Waals surface area (Å²) in [4.78, 5) is 11.1. The second kappa shape index (κ2) is 6.69. The molecule has 1 atom stereocenters. The van der Waals surface area contributed by atoms with E-state index in [1.54, 1.807) is 32.4 Å². The summed E-state index contributed by atoms with van der Waals surface area (Å²) in [6.07, 6.45) is 2.52. The third-order valence-corrected chi connectivity index (χ3v) is 2.73. The number of allylic oxidation sites excluding steroid dienone is 1. The Morgan fingerprint density at radius 3 is 2.56 bits per heavy atom. The molecule has 18 heavy (non-hydrogen) atoms. The number of carboxylic acid groups (broad SMARTS) is 1. The molecule has 0 amide bonds.